The molecule has 0 aliphatic rings. The highest BCUT2D eigenvalue weighted by molar-refractivity contribution is 6.33. The predicted octanol–water partition coefficient (Wildman–Crippen LogP) is 4.87. The van der Waals surface area contributed by atoms with E-state index in [0.717, 1.165) is 21.9 Å². The van der Waals surface area contributed by atoms with E-state index in [0.29, 0.717) is 10.8 Å². The summed E-state index contributed by atoms with van der Waals surface area (Å²) in [5.74, 6) is 0.293. The first-order chi connectivity index (χ1) is 8.77. The molecule has 3 rings (SSSR count). The average Bonchev–Trinajstić information content (AvgIpc) is 2.41. The normalized spacial score (nSPS) is 10.7. The minimum absolute atomic E-state index is 0.293. The van der Waals surface area contributed by atoms with Gasteiger partial charge in [-0.05, 0) is 23.1 Å². The molecular weight excluding hydrogens is 244 g/mol. The van der Waals surface area contributed by atoms with Crippen LogP contribution in [-0.4, -0.2) is 5.11 Å². The van der Waals surface area contributed by atoms with Crippen LogP contribution in [0.2, 0.25) is 5.02 Å². The van der Waals surface area contributed by atoms with Gasteiger partial charge in [-0.25, -0.2) is 0 Å². The van der Waals surface area contributed by atoms with E-state index < -0.39 is 0 Å². The van der Waals surface area contributed by atoms with Crippen molar-refractivity contribution in [2.24, 2.45) is 0 Å². The third kappa shape index (κ3) is 1.73. The molecule has 3 aromatic carbocycles. The molecule has 3 aromatic rings. The summed E-state index contributed by atoms with van der Waals surface area (Å²) in [4.78, 5) is 0. The highest BCUT2D eigenvalue weighted by Gasteiger charge is 2.08. The fourth-order valence-electron chi connectivity index (χ4n) is 2.20. The Bertz CT molecular complexity index is 719. The van der Waals surface area contributed by atoms with Crippen LogP contribution in [0.4, 0.5) is 0 Å². The van der Waals surface area contributed by atoms with Crippen molar-refractivity contribution in [1.29, 1.82) is 0 Å². The molecule has 0 saturated carbocycles. The van der Waals surface area contributed by atoms with Crippen LogP contribution in [0, 0.1) is 0 Å². The summed E-state index contributed by atoms with van der Waals surface area (Å²) >= 11 is 6.24. The minimum atomic E-state index is 0.293. The van der Waals surface area contributed by atoms with E-state index in [9.17, 15) is 5.11 Å². The summed E-state index contributed by atoms with van der Waals surface area (Å²) in [7, 11) is 0. The highest BCUT2D eigenvalue weighted by atomic mass is 35.5. The van der Waals surface area contributed by atoms with Crippen LogP contribution in [0.1, 0.15) is 0 Å². The summed E-state index contributed by atoms with van der Waals surface area (Å²) in [5, 5.41) is 12.4. The molecule has 88 valence electrons. The second-order valence-corrected chi connectivity index (χ2v) is 4.56. The number of rotatable bonds is 1. The van der Waals surface area contributed by atoms with Crippen molar-refractivity contribution in [3.8, 4) is 16.9 Å². The summed E-state index contributed by atoms with van der Waals surface area (Å²) < 4.78 is 0. The number of halogens is 1. The number of hydrogen-bond donors (Lipinski definition) is 1. The van der Waals surface area contributed by atoms with Crippen molar-refractivity contribution in [2.45, 2.75) is 0 Å². The monoisotopic (exact) mass is 254 g/mol. The molecule has 0 saturated heterocycles. The highest BCUT2D eigenvalue weighted by Crippen LogP contribution is 2.36. The quantitative estimate of drug-likeness (QED) is 0.657. The van der Waals surface area contributed by atoms with Gasteiger partial charge in [-0.2, -0.15) is 0 Å². The van der Waals surface area contributed by atoms with Crippen molar-refractivity contribution in [3.05, 3.63) is 65.7 Å². The molecule has 2 heteroatoms. The van der Waals surface area contributed by atoms with Crippen molar-refractivity contribution < 1.29 is 5.11 Å². The van der Waals surface area contributed by atoms with Crippen LogP contribution in [-0.2, 0) is 0 Å². The summed E-state index contributed by atoms with van der Waals surface area (Å²) in [5.41, 5.74) is 2.02. The number of phenolic OH excluding ortho intramolecular Hbond substituents is 1. The average molecular weight is 255 g/mol. The molecule has 0 atom stereocenters. The van der Waals surface area contributed by atoms with Crippen LogP contribution in [0.3, 0.4) is 0 Å². The van der Waals surface area contributed by atoms with Gasteiger partial charge in [-0.1, -0.05) is 60.1 Å². The zero-order valence-electron chi connectivity index (χ0n) is 9.60. The van der Waals surface area contributed by atoms with Crippen LogP contribution in [0.15, 0.2) is 60.7 Å². The lowest BCUT2D eigenvalue weighted by Gasteiger charge is -2.09. The van der Waals surface area contributed by atoms with E-state index in [4.69, 9.17) is 11.6 Å². The molecule has 0 aliphatic heterocycles. The van der Waals surface area contributed by atoms with Gasteiger partial charge in [-0.15, -0.1) is 0 Å². The molecule has 0 heterocycles. The number of hydrogen-bond acceptors (Lipinski definition) is 1. The van der Waals surface area contributed by atoms with E-state index >= 15 is 0 Å². The van der Waals surface area contributed by atoms with Crippen molar-refractivity contribution in [1.82, 2.24) is 0 Å². The Kier molecular flexibility index (Phi) is 2.69. The first kappa shape index (κ1) is 11.1. The molecule has 0 bridgehead atoms. The van der Waals surface area contributed by atoms with Crippen LogP contribution in [0.25, 0.3) is 21.9 Å². The summed E-state index contributed by atoms with van der Waals surface area (Å²) in [6.07, 6.45) is 0. The first-order valence-corrected chi connectivity index (χ1v) is 6.11. The maximum absolute atomic E-state index is 9.88. The molecule has 0 radical (unpaired) electrons. The largest absolute Gasteiger partial charge is 0.507 e. The zero-order chi connectivity index (χ0) is 12.5. The van der Waals surface area contributed by atoms with Crippen molar-refractivity contribution in [2.75, 3.05) is 0 Å². The van der Waals surface area contributed by atoms with E-state index in [2.05, 4.69) is 0 Å². The smallest absolute Gasteiger partial charge is 0.123 e. The number of benzene rings is 3. The maximum Gasteiger partial charge on any atom is 0.123 e. The van der Waals surface area contributed by atoms with Gasteiger partial charge in [0.2, 0.25) is 0 Å². The number of fused-ring (bicyclic) bond motifs is 1. The SMILES string of the molecule is Oc1ccc(-c2ccccc2Cl)c2ccccc12. The molecule has 0 aromatic heterocycles. The van der Waals surface area contributed by atoms with Gasteiger partial charge in [0.05, 0.1) is 0 Å². The molecule has 0 fully saturated rings. The van der Waals surface area contributed by atoms with Gasteiger partial charge < -0.3 is 5.11 Å². The Morgan fingerprint density at radius 1 is 0.667 bits per heavy atom. The molecule has 0 aliphatic carbocycles. The van der Waals surface area contributed by atoms with Crippen molar-refractivity contribution in [3.63, 3.8) is 0 Å². The Morgan fingerprint density at radius 3 is 2.11 bits per heavy atom. The predicted molar refractivity (Wildman–Crippen MR) is 76.1 cm³/mol. The Morgan fingerprint density at radius 2 is 1.33 bits per heavy atom. The van der Waals surface area contributed by atoms with Gasteiger partial charge in [-0.3, -0.25) is 0 Å². The molecule has 0 amide bonds. The van der Waals surface area contributed by atoms with Crippen LogP contribution >= 0.6 is 11.6 Å². The van der Waals surface area contributed by atoms with Gasteiger partial charge >= 0.3 is 0 Å². The fraction of sp³-hybridized carbons (Fsp3) is 0. The Balaban J connectivity index is 2.38. The Labute approximate surface area is 110 Å². The number of aromatic hydroxyl groups is 1. The molecule has 18 heavy (non-hydrogen) atoms. The van der Waals surface area contributed by atoms with Gasteiger partial charge in [0.1, 0.15) is 5.75 Å². The molecule has 0 spiro atoms. The Hall–Kier alpha value is -1.99. The van der Waals surface area contributed by atoms with Crippen LogP contribution in [0.5, 0.6) is 5.75 Å². The second kappa shape index (κ2) is 4.35. The molecule has 1 nitrogen and oxygen atoms in total. The van der Waals surface area contributed by atoms with Crippen molar-refractivity contribution >= 4 is 22.4 Å². The second-order valence-electron chi connectivity index (χ2n) is 4.16. The van der Waals surface area contributed by atoms with E-state index in [1.54, 1.807) is 6.07 Å². The lowest BCUT2D eigenvalue weighted by molar-refractivity contribution is 0.481. The van der Waals surface area contributed by atoms with E-state index in [1.807, 2.05) is 54.6 Å². The van der Waals surface area contributed by atoms with E-state index in [-0.39, 0.29) is 0 Å². The first-order valence-electron chi connectivity index (χ1n) is 5.73. The fourth-order valence-corrected chi connectivity index (χ4v) is 2.44. The van der Waals surface area contributed by atoms with Gasteiger partial charge in [0, 0.05) is 16.0 Å². The van der Waals surface area contributed by atoms with E-state index in [1.165, 1.54) is 0 Å². The third-order valence-electron chi connectivity index (χ3n) is 3.07. The standard InChI is InChI=1S/C16H11ClO/c17-15-8-4-3-6-13(15)12-9-10-16(18)14-7-2-1-5-11(12)14/h1-10,18H. The minimum Gasteiger partial charge on any atom is -0.507 e. The lowest BCUT2D eigenvalue weighted by atomic mass is 9.98. The topological polar surface area (TPSA) is 20.2 Å². The van der Waals surface area contributed by atoms with Gasteiger partial charge in [0.25, 0.3) is 0 Å². The zero-order valence-corrected chi connectivity index (χ0v) is 10.4. The molecule has 0 unspecified atom stereocenters. The maximum atomic E-state index is 9.88. The third-order valence-corrected chi connectivity index (χ3v) is 3.39. The summed E-state index contributed by atoms with van der Waals surface area (Å²) in [6.45, 7) is 0. The van der Waals surface area contributed by atoms with Gasteiger partial charge in [0.15, 0.2) is 0 Å². The summed E-state index contributed by atoms with van der Waals surface area (Å²) in [6, 6.07) is 19.1. The molecule has 1 N–H and O–H groups in total. The molecular formula is C16H11ClO. The van der Waals surface area contributed by atoms with Crippen LogP contribution < -0.4 is 0 Å². The number of phenols is 1. The lowest BCUT2D eigenvalue weighted by Crippen LogP contribution is -1.83.